The SMILES string of the molecule is CC1=NN(c2ccccc2)[C@@H]2c3ccccc3[N+]([O-])=C(C)[C@@H]12. The molecule has 4 nitrogen and oxygen atoms in total. The molecule has 4 rings (SSSR count). The maximum atomic E-state index is 12.6. The molecule has 0 radical (unpaired) electrons. The summed E-state index contributed by atoms with van der Waals surface area (Å²) in [6.07, 6.45) is 0. The zero-order valence-electron chi connectivity index (χ0n) is 12.6. The van der Waals surface area contributed by atoms with E-state index in [9.17, 15) is 5.21 Å². The monoisotopic (exact) mass is 291 g/mol. The summed E-state index contributed by atoms with van der Waals surface area (Å²) in [6, 6.07) is 18.0. The van der Waals surface area contributed by atoms with Crippen LogP contribution in [0.5, 0.6) is 0 Å². The molecular weight excluding hydrogens is 274 g/mol. The summed E-state index contributed by atoms with van der Waals surface area (Å²) < 4.78 is 1.06. The van der Waals surface area contributed by atoms with Crippen molar-refractivity contribution in [3.05, 3.63) is 65.4 Å². The van der Waals surface area contributed by atoms with Gasteiger partial charge in [0, 0.05) is 13.0 Å². The second kappa shape index (κ2) is 4.70. The lowest BCUT2D eigenvalue weighted by atomic mass is 9.83. The minimum absolute atomic E-state index is 0.0348. The minimum atomic E-state index is 0.0348. The van der Waals surface area contributed by atoms with Gasteiger partial charge < -0.3 is 5.21 Å². The normalized spacial score (nSPS) is 23.2. The van der Waals surface area contributed by atoms with Crippen LogP contribution in [0.2, 0.25) is 0 Å². The highest BCUT2D eigenvalue weighted by atomic mass is 16.5. The Labute approximate surface area is 129 Å². The smallest absolute Gasteiger partial charge is 0.221 e. The molecule has 0 bridgehead atoms. The zero-order valence-corrected chi connectivity index (χ0v) is 12.6. The van der Waals surface area contributed by atoms with Crippen LogP contribution in [-0.2, 0) is 0 Å². The van der Waals surface area contributed by atoms with E-state index in [2.05, 4.69) is 17.1 Å². The summed E-state index contributed by atoms with van der Waals surface area (Å²) in [5.41, 5.74) is 4.62. The summed E-state index contributed by atoms with van der Waals surface area (Å²) >= 11 is 0. The molecule has 2 aromatic rings. The molecule has 0 unspecified atom stereocenters. The van der Waals surface area contributed by atoms with Crippen LogP contribution in [0.25, 0.3) is 0 Å². The lowest BCUT2D eigenvalue weighted by molar-refractivity contribution is -0.367. The average Bonchev–Trinajstić information content (AvgIpc) is 2.91. The van der Waals surface area contributed by atoms with Crippen LogP contribution >= 0.6 is 0 Å². The molecule has 0 saturated carbocycles. The van der Waals surface area contributed by atoms with Crippen molar-refractivity contribution in [3.8, 4) is 0 Å². The molecule has 2 aliphatic heterocycles. The number of hydrogen-bond acceptors (Lipinski definition) is 3. The van der Waals surface area contributed by atoms with E-state index in [0.717, 1.165) is 33.1 Å². The number of fused-ring (bicyclic) bond motifs is 3. The fourth-order valence-corrected chi connectivity index (χ4v) is 3.54. The van der Waals surface area contributed by atoms with Crippen LogP contribution in [0.4, 0.5) is 11.4 Å². The summed E-state index contributed by atoms with van der Waals surface area (Å²) in [4.78, 5) is 0. The number of nitrogens with zero attached hydrogens (tertiary/aromatic N) is 3. The molecule has 0 amide bonds. The Kier molecular flexibility index (Phi) is 2.79. The van der Waals surface area contributed by atoms with Crippen LogP contribution in [0.1, 0.15) is 25.5 Å². The van der Waals surface area contributed by atoms with E-state index >= 15 is 0 Å². The van der Waals surface area contributed by atoms with Gasteiger partial charge in [-0.3, -0.25) is 5.01 Å². The molecule has 0 aromatic heterocycles. The Morgan fingerprint density at radius 3 is 2.45 bits per heavy atom. The van der Waals surface area contributed by atoms with E-state index in [4.69, 9.17) is 5.10 Å². The Balaban J connectivity index is 1.92. The molecule has 2 aliphatic rings. The zero-order chi connectivity index (χ0) is 15.3. The molecule has 2 heterocycles. The average molecular weight is 291 g/mol. The Hall–Kier alpha value is -2.62. The van der Waals surface area contributed by atoms with Crippen molar-refractivity contribution in [2.45, 2.75) is 19.9 Å². The Morgan fingerprint density at radius 2 is 1.68 bits per heavy atom. The predicted molar refractivity (Wildman–Crippen MR) is 88.7 cm³/mol. The molecule has 0 saturated heterocycles. The number of rotatable bonds is 1. The van der Waals surface area contributed by atoms with E-state index in [-0.39, 0.29) is 12.0 Å². The van der Waals surface area contributed by atoms with Gasteiger partial charge in [0.1, 0.15) is 12.0 Å². The Bertz CT molecular complexity index is 795. The van der Waals surface area contributed by atoms with Gasteiger partial charge in [0.2, 0.25) is 5.69 Å². The van der Waals surface area contributed by atoms with Gasteiger partial charge in [-0.15, -0.1) is 0 Å². The first-order chi connectivity index (χ1) is 10.7. The largest absolute Gasteiger partial charge is 0.618 e. The first kappa shape index (κ1) is 13.1. The fraction of sp³-hybridized carbons (Fsp3) is 0.222. The maximum absolute atomic E-state index is 12.6. The summed E-state index contributed by atoms with van der Waals surface area (Å²) in [6.45, 7) is 3.92. The van der Waals surface area contributed by atoms with E-state index in [1.165, 1.54) is 0 Å². The molecule has 0 aliphatic carbocycles. The molecule has 0 spiro atoms. The summed E-state index contributed by atoms with van der Waals surface area (Å²) in [7, 11) is 0. The highest BCUT2D eigenvalue weighted by Crippen LogP contribution is 2.45. The van der Waals surface area contributed by atoms with Gasteiger partial charge in [0.25, 0.3) is 0 Å². The van der Waals surface area contributed by atoms with Crippen molar-refractivity contribution >= 4 is 22.8 Å². The first-order valence-corrected chi connectivity index (χ1v) is 7.47. The quantitative estimate of drug-likeness (QED) is 0.591. The van der Waals surface area contributed by atoms with Crippen LogP contribution in [-0.4, -0.2) is 16.2 Å². The fourth-order valence-electron chi connectivity index (χ4n) is 3.54. The van der Waals surface area contributed by atoms with Crippen molar-refractivity contribution in [2.75, 3.05) is 5.01 Å². The van der Waals surface area contributed by atoms with E-state index in [1.807, 2.05) is 56.3 Å². The third-order valence-electron chi connectivity index (χ3n) is 4.56. The van der Waals surface area contributed by atoms with Gasteiger partial charge in [-0.05, 0) is 19.1 Å². The van der Waals surface area contributed by atoms with Gasteiger partial charge in [-0.2, -0.15) is 9.84 Å². The van der Waals surface area contributed by atoms with Crippen molar-refractivity contribution in [1.82, 2.24) is 0 Å². The first-order valence-electron chi connectivity index (χ1n) is 7.47. The second-order valence-corrected chi connectivity index (χ2v) is 5.84. The lowest BCUT2D eigenvalue weighted by Gasteiger charge is -2.31. The third-order valence-corrected chi connectivity index (χ3v) is 4.56. The highest BCUT2D eigenvalue weighted by Gasteiger charge is 2.47. The van der Waals surface area contributed by atoms with Gasteiger partial charge >= 0.3 is 0 Å². The topological polar surface area (TPSA) is 41.7 Å². The molecular formula is C18H17N3O. The van der Waals surface area contributed by atoms with E-state index in [0.29, 0.717) is 0 Å². The van der Waals surface area contributed by atoms with Crippen LogP contribution in [0, 0.1) is 11.1 Å². The molecule has 110 valence electrons. The summed E-state index contributed by atoms with van der Waals surface area (Å²) in [5.74, 6) is 0.0348. The highest BCUT2D eigenvalue weighted by molar-refractivity contribution is 6.08. The minimum Gasteiger partial charge on any atom is -0.618 e. The van der Waals surface area contributed by atoms with E-state index < -0.39 is 0 Å². The van der Waals surface area contributed by atoms with Gasteiger partial charge in [-0.1, -0.05) is 36.4 Å². The number of hydrogen-bond donors (Lipinski definition) is 0. The maximum Gasteiger partial charge on any atom is 0.221 e. The van der Waals surface area contributed by atoms with Gasteiger partial charge in [0.15, 0.2) is 5.71 Å². The van der Waals surface area contributed by atoms with Crippen LogP contribution < -0.4 is 5.01 Å². The molecule has 2 aromatic carbocycles. The molecule has 22 heavy (non-hydrogen) atoms. The van der Waals surface area contributed by atoms with Crippen molar-refractivity contribution in [1.29, 1.82) is 0 Å². The number of hydrazone groups is 1. The van der Waals surface area contributed by atoms with Crippen molar-refractivity contribution in [2.24, 2.45) is 11.0 Å². The van der Waals surface area contributed by atoms with E-state index in [1.54, 1.807) is 0 Å². The van der Waals surface area contributed by atoms with Crippen LogP contribution in [0.15, 0.2) is 59.7 Å². The Morgan fingerprint density at radius 1 is 1.00 bits per heavy atom. The standard InChI is InChI=1S/C18H17N3O/c1-12-17-13(2)21(22)16-11-7-6-10-15(16)18(17)20(19-12)14-8-4-3-5-9-14/h3-11,17-18H,1-2H3/t17-,18-/m1/s1. The lowest BCUT2D eigenvalue weighted by Crippen LogP contribution is -2.36. The third kappa shape index (κ3) is 1.70. The van der Waals surface area contributed by atoms with Crippen LogP contribution in [0.3, 0.4) is 0 Å². The second-order valence-electron chi connectivity index (χ2n) is 5.84. The molecule has 0 fully saturated rings. The number of benzene rings is 2. The molecule has 2 atom stereocenters. The number of anilines is 1. The summed E-state index contributed by atoms with van der Waals surface area (Å²) in [5, 5.41) is 19.4. The van der Waals surface area contributed by atoms with Gasteiger partial charge in [0.05, 0.1) is 17.0 Å². The van der Waals surface area contributed by atoms with Gasteiger partial charge in [-0.25, -0.2) is 0 Å². The molecule has 0 N–H and O–H groups in total. The van der Waals surface area contributed by atoms with Crippen molar-refractivity contribution < 1.29 is 4.74 Å². The number of para-hydroxylation sites is 2. The molecule has 4 heteroatoms. The predicted octanol–water partition coefficient (Wildman–Crippen LogP) is 3.86. The van der Waals surface area contributed by atoms with Crippen molar-refractivity contribution in [3.63, 3.8) is 0 Å².